The van der Waals surface area contributed by atoms with Crippen LogP contribution in [-0.2, 0) is 16.1 Å². The van der Waals surface area contributed by atoms with Crippen molar-refractivity contribution in [3.8, 4) is 11.4 Å². The molecule has 2 fully saturated rings. The summed E-state index contributed by atoms with van der Waals surface area (Å²) in [6.45, 7) is 0.0242. The molecule has 190 valence electrons. The van der Waals surface area contributed by atoms with Crippen molar-refractivity contribution in [2.45, 2.75) is 34.7 Å². The monoisotopic (exact) mass is 604 g/mol. The Morgan fingerprint density at radius 3 is 2.30 bits per heavy atom. The lowest BCUT2D eigenvalue weighted by Crippen LogP contribution is -2.59. The largest absolute Gasteiger partial charge is 0.508 e. The van der Waals surface area contributed by atoms with Crippen LogP contribution in [0, 0.1) is 0 Å². The molecule has 6 rings (SSSR count). The van der Waals surface area contributed by atoms with Crippen LogP contribution in [-0.4, -0.2) is 51.0 Å². The summed E-state index contributed by atoms with van der Waals surface area (Å²) in [5, 5.41) is 10.8. The lowest BCUT2D eigenvalue weighted by molar-refractivity contribution is -0.138. The van der Waals surface area contributed by atoms with Gasteiger partial charge in [-0.2, -0.15) is 0 Å². The van der Waals surface area contributed by atoms with Crippen molar-refractivity contribution >= 4 is 50.9 Å². The first-order valence-corrected chi connectivity index (χ1v) is 13.3. The maximum atomic E-state index is 13.7. The van der Waals surface area contributed by atoms with Gasteiger partial charge in [-0.25, -0.2) is 23.5 Å². The van der Waals surface area contributed by atoms with Crippen LogP contribution in [0.2, 0.25) is 0 Å². The summed E-state index contributed by atoms with van der Waals surface area (Å²) in [5.41, 5.74) is -0.0709. The molecule has 4 atom stereocenters. The summed E-state index contributed by atoms with van der Waals surface area (Å²) < 4.78 is 3.63. The number of carbonyl (C=O) groups excluding carboxylic acids is 2. The number of allylic oxidation sites excluding steroid dienone is 2. The first kappa shape index (κ1) is 24.3. The lowest BCUT2D eigenvalue weighted by atomic mass is 9.64. The Morgan fingerprint density at radius 2 is 1.62 bits per heavy atom. The smallest absolute Gasteiger partial charge is 0.352 e. The number of carbonyl (C=O) groups is 2. The van der Waals surface area contributed by atoms with Gasteiger partial charge >= 0.3 is 11.4 Å². The fourth-order valence-corrected chi connectivity index (χ4v) is 7.29. The highest BCUT2D eigenvalue weighted by Gasteiger charge is 2.75. The topological polar surface area (TPSA) is 107 Å². The quantitative estimate of drug-likeness (QED) is 0.214. The van der Waals surface area contributed by atoms with E-state index in [9.17, 15) is 24.3 Å². The SMILES string of the molecule is O=C1N(CBr)C(=O)[C@@]2(Cl)[C@@H](c3ccccc3O)C3=CCn4c(=O)n(-c5ccccc5)c(=O)n4[C@@H]3C[C@@]12Cl. The van der Waals surface area contributed by atoms with Gasteiger partial charge in [0, 0.05) is 17.9 Å². The minimum absolute atomic E-state index is 0.0242. The van der Waals surface area contributed by atoms with Crippen LogP contribution >= 0.6 is 39.1 Å². The summed E-state index contributed by atoms with van der Waals surface area (Å²) in [4.78, 5) is 51.3. The van der Waals surface area contributed by atoms with Gasteiger partial charge in [-0.05, 0) is 23.8 Å². The first-order chi connectivity index (χ1) is 17.7. The normalized spacial score (nSPS) is 28.5. The number of aromatic nitrogens is 3. The number of phenols is 1. The molecule has 2 aliphatic heterocycles. The Morgan fingerprint density at radius 1 is 0.946 bits per heavy atom. The number of hydrogen-bond acceptors (Lipinski definition) is 5. The molecule has 3 heterocycles. The molecule has 9 nitrogen and oxygen atoms in total. The molecule has 2 amide bonds. The zero-order valence-electron chi connectivity index (χ0n) is 19.1. The number of alkyl halides is 3. The molecule has 1 saturated carbocycles. The Labute approximate surface area is 228 Å². The van der Waals surface area contributed by atoms with Gasteiger partial charge < -0.3 is 5.11 Å². The van der Waals surface area contributed by atoms with E-state index < -0.39 is 44.9 Å². The molecule has 3 aliphatic rings. The second-order valence-corrected chi connectivity index (χ2v) is 11.0. The predicted octanol–water partition coefficient (Wildman–Crippen LogP) is 2.85. The number of benzene rings is 2. The Hall–Kier alpha value is -3.08. The molecule has 2 aromatic carbocycles. The van der Waals surface area contributed by atoms with E-state index in [1.54, 1.807) is 54.6 Å². The van der Waals surface area contributed by atoms with E-state index in [2.05, 4.69) is 15.9 Å². The number of aromatic hydroxyl groups is 1. The number of fused-ring (bicyclic) bond motifs is 4. The number of likely N-dealkylation sites (tertiary alicyclic amines) is 1. The minimum atomic E-state index is -1.98. The van der Waals surface area contributed by atoms with Gasteiger partial charge in [-0.3, -0.25) is 14.5 Å². The number of phenolic OH excluding ortho intramolecular Hbond substituents is 1. The molecule has 0 unspecified atom stereocenters. The predicted molar refractivity (Wildman–Crippen MR) is 140 cm³/mol. The van der Waals surface area contributed by atoms with Crippen LogP contribution in [0.15, 0.2) is 75.8 Å². The van der Waals surface area contributed by atoms with Crippen molar-refractivity contribution in [1.29, 1.82) is 0 Å². The van der Waals surface area contributed by atoms with Crippen LogP contribution in [0.5, 0.6) is 5.75 Å². The van der Waals surface area contributed by atoms with Crippen LogP contribution in [0.25, 0.3) is 5.69 Å². The first-order valence-electron chi connectivity index (χ1n) is 11.4. The van der Waals surface area contributed by atoms with E-state index >= 15 is 0 Å². The van der Waals surface area contributed by atoms with Crippen LogP contribution < -0.4 is 11.4 Å². The number of amides is 2. The third kappa shape index (κ3) is 2.97. The standard InChI is InChI=1S/C25H19BrCl2N4O5/c26-13-29-20(34)24(27)12-17-15(19(25(24,28)21(29)35)16-8-4-5-9-18(16)33)10-11-30-22(36)31(23(37)32(17)30)14-6-2-1-3-7-14/h1-10,17,19,33H,11-13H2/t17-,19-,24-,25+/m1/s1. The number of imide groups is 1. The molecular formula is C25H19BrCl2N4O5. The molecule has 37 heavy (non-hydrogen) atoms. The van der Waals surface area contributed by atoms with E-state index in [1.807, 2.05) is 0 Å². The van der Waals surface area contributed by atoms with E-state index in [0.29, 0.717) is 16.8 Å². The zero-order chi connectivity index (χ0) is 26.3. The second-order valence-electron chi connectivity index (χ2n) is 9.25. The fraction of sp³-hybridized carbons (Fsp3) is 0.280. The van der Waals surface area contributed by atoms with E-state index in [4.69, 9.17) is 23.2 Å². The Balaban J connectivity index is 1.63. The number of nitrogens with zero attached hydrogens (tertiary/aromatic N) is 4. The molecule has 0 bridgehead atoms. The molecule has 1 aliphatic carbocycles. The lowest BCUT2D eigenvalue weighted by Gasteiger charge is -2.49. The molecule has 1 aromatic heterocycles. The van der Waals surface area contributed by atoms with Crippen LogP contribution in [0.1, 0.15) is 23.9 Å². The van der Waals surface area contributed by atoms with Crippen molar-refractivity contribution in [3.05, 3.63) is 92.8 Å². The highest BCUT2D eigenvalue weighted by atomic mass is 79.9. The molecule has 12 heteroatoms. The van der Waals surface area contributed by atoms with Crippen molar-refractivity contribution in [3.63, 3.8) is 0 Å². The van der Waals surface area contributed by atoms with Gasteiger partial charge in [0.05, 0.1) is 23.7 Å². The van der Waals surface area contributed by atoms with Crippen molar-refractivity contribution in [2.75, 3.05) is 5.45 Å². The minimum Gasteiger partial charge on any atom is -0.508 e. The summed E-state index contributed by atoms with van der Waals surface area (Å²) in [6, 6.07) is 14.0. The van der Waals surface area contributed by atoms with E-state index in [0.717, 1.165) is 9.47 Å². The van der Waals surface area contributed by atoms with Gasteiger partial charge in [-0.1, -0.05) is 58.4 Å². The zero-order valence-corrected chi connectivity index (χ0v) is 22.2. The number of hydrogen-bond donors (Lipinski definition) is 1. The highest BCUT2D eigenvalue weighted by Crippen LogP contribution is 2.64. The van der Waals surface area contributed by atoms with Crippen LogP contribution in [0.4, 0.5) is 0 Å². The average molecular weight is 606 g/mol. The van der Waals surface area contributed by atoms with E-state index in [1.165, 1.54) is 15.4 Å². The fourth-order valence-electron chi connectivity index (χ4n) is 5.89. The third-order valence-corrected chi connectivity index (χ3v) is 9.46. The maximum absolute atomic E-state index is 13.7. The van der Waals surface area contributed by atoms with Gasteiger partial charge in [0.15, 0.2) is 9.75 Å². The molecule has 0 radical (unpaired) electrons. The Kier molecular flexibility index (Phi) is 5.38. The third-order valence-electron chi connectivity index (χ3n) is 7.54. The van der Waals surface area contributed by atoms with Crippen molar-refractivity contribution in [2.24, 2.45) is 0 Å². The summed E-state index contributed by atoms with van der Waals surface area (Å²) in [5.74, 6) is -2.60. The van der Waals surface area contributed by atoms with Gasteiger partial charge in [0.1, 0.15) is 5.75 Å². The van der Waals surface area contributed by atoms with Crippen molar-refractivity contribution in [1.82, 2.24) is 18.8 Å². The molecule has 3 aromatic rings. The van der Waals surface area contributed by atoms with E-state index in [-0.39, 0.29) is 24.2 Å². The average Bonchev–Trinajstić information content (AvgIpc) is 3.23. The van der Waals surface area contributed by atoms with Crippen molar-refractivity contribution < 1.29 is 14.7 Å². The summed E-state index contributed by atoms with van der Waals surface area (Å²) in [6.07, 6.45) is 1.52. The number of para-hydroxylation sites is 2. The molecule has 1 N–H and O–H groups in total. The summed E-state index contributed by atoms with van der Waals surface area (Å²) >= 11 is 17.4. The van der Waals surface area contributed by atoms with Gasteiger partial charge in [0.25, 0.3) is 11.8 Å². The van der Waals surface area contributed by atoms with Gasteiger partial charge in [-0.15, -0.1) is 23.2 Å². The van der Waals surface area contributed by atoms with Gasteiger partial charge in [0.2, 0.25) is 0 Å². The Bertz CT molecular complexity index is 1630. The molecule has 0 spiro atoms. The van der Waals surface area contributed by atoms with Crippen LogP contribution in [0.3, 0.4) is 0 Å². The molecular weight excluding hydrogens is 587 g/mol. The summed E-state index contributed by atoms with van der Waals surface area (Å²) in [7, 11) is 0. The molecule has 1 saturated heterocycles. The maximum Gasteiger partial charge on any atom is 0.352 e. The number of rotatable bonds is 3. The number of halogens is 3. The second kappa shape index (κ2) is 8.21. The highest BCUT2D eigenvalue weighted by molar-refractivity contribution is 9.09.